The summed E-state index contributed by atoms with van der Waals surface area (Å²) in [7, 11) is 0. The van der Waals surface area contributed by atoms with E-state index in [-0.39, 0.29) is 11.7 Å². The van der Waals surface area contributed by atoms with E-state index in [0.29, 0.717) is 6.54 Å². The lowest BCUT2D eigenvalue weighted by atomic mass is 9.95. The van der Waals surface area contributed by atoms with E-state index in [9.17, 15) is 15.2 Å². The minimum atomic E-state index is -0.976. The van der Waals surface area contributed by atoms with Gasteiger partial charge in [-0.2, -0.15) is 0 Å². The van der Waals surface area contributed by atoms with Crippen molar-refractivity contribution < 1.29 is 10.0 Å². The number of non-ortho nitro benzene ring substituents is 1. The minimum absolute atomic E-state index is 0.0176. The van der Waals surface area contributed by atoms with E-state index < -0.39 is 10.5 Å². The Kier molecular flexibility index (Phi) is 4.90. The van der Waals surface area contributed by atoms with Crippen LogP contribution in [0.15, 0.2) is 54.6 Å². The van der Waals surface area contributed by atoms with Crippen molar-refractivity contribution in [1.82, 2.24) is 5.32 Å². The molecule has 0 saturated carbocycles. The van der Waals surface area contributed by atoms with Crippen LogP contribution in [0.4, 0.5) is 5.69 Å². The van der Waals surface area contributed by atoms with Crippen LogP contribution in [0.2, 0.25) is 0 Å². The van der Waals surface area contributed by atoms with Crippen LogP contribution in [-0.4, -0.2) is 16.6 Å². The number of nitro groups is 1. The number of aliphatic hydroxyl groups is 1. The highest BCUT2D eigenvalue weighted by atomic mass is 16.6. The fourth-order valence-corrected chi connectivity index (χ4v) is 2.25. The van der Waals surface area contributed by atoms with Crippen LogP contribution in [0.5, 0.6) is 0 Å². The second-order valence-corrected chi connectivity index (χ2v) is 5.59. The third-order valence-electron chi connectivity index (χ3n) is 3.75. The fraction of sp³-hybridized carbons (Fsp3) is 0.294. The second kappa shape index (κ2) is 6.68. The van der Waals surface area contributed by atoms with Crippen LogP contribution in [0.25, 0.3) is 0 Å². The first kappa shape index (κ1) is 16.1. The Labute approximate surface area is 129 Å². The zero-order chi connectivity index (χ0) is 16.2. The zero-order valence-electron chi connectivity index (χ0n) is 12.7. The van der Waals surface area contributed by atoms with Crippen LogP contribution < -0.4 is 5.32 Å². The maximum absolute atomic E-state index is 10.7. The molecule has 5 nitrogen and oxygen atoms in total. The summed E-state index contributed by atoms with van der Waals surface area (Å²) in [5.74, 6) is 0. The summed E-state index contributed by atoms with van der Waals surface area (Å²) in [4.78, 5) is 10.2. The number of hydrogen-bond donors (Lipinski definition) is 2. The molecule has 5 heteroatoms. The van der Waals surface area contributed by atoms with E-state index in [1.165, 1.54) is 12.1 Å². The lowest BCUT2D eigenvalue weighted by Crippen LogP contribution is -2.36. The van der Waals surface area contributed by atoms with Crippen molar-refractivity contribution in [3.05, 3.63) is 75.8 Å². The standard InChI is InChI=1S/C17H20N2O3/c1-13(14-8-10-16(11-9-14)19(21)22)18-12-17(2,20)15-6-4-3-5-7-15/h3-11,13,18,20H,12H2,1-2H3. The van der Waals surface area contributed by atoms with Gasteiger partial charge in [0.1, 0.15) is 0 Å². The van der Waals surface area contributed by atoms with Crippen molar-refractivity contribution in [2.75, 3.05) is 6.54 Å². The molecule has 0 radical (unpaired) electrons. The lowest BCUT2D eigenvalue weighted by molar-refractivity contribution is -0.384. The summed E-state index contributed by atoms with van der Waals surface area (Å²) < 4.78 is 0. The molecule has 0 aliphatic rings. The number of nitro benzene ring substituents is 1. The molecule has 2 N–H and O–H groups in total. The zero-order valence-corrected chi connectivity index (χ0v) is 12.7. The number of benzene rings is 2. The van der Waals surface area contributed by atoms with Gasteiger partial charge in [-0.1, -0.05) is 42.5 Å². The van der Waals surface area contributed by atoms with Crippen LogP contribution in [0, 0.1) is 10.1 Å². The molecule has 22 heavy (non-hydrogen) atoms. The molecule has 0 bridgehead atoms. The van der Waals surface area contributed by atoms with Gasteiger partial charge in [-0.25, -0.2) is 0 Å². The average Bonchev–Trinajstić information content (AvgIpc) is 2.53. The van der Waals surface area contributed by atoms with E-state index in [4.69, 9.17) is 0 Å². The van der Waals surface area contributed by atoms with Crippen LogP contribution in [-0.2, 0) is 5.60 Å². The molecule has 0 amide bonds. The molecule has 0 heterocycles. The van der Waals surface area contributed by atoms with Crippen molar-refractivity contribution in [2.45, 2.75) is 25.5 Å². The Morgan fingerprint density at radius 1 is 1.18 bits per heavy atom. The highest BCUT2D eigenvalue weighted by Gasteiger charge is 2.23. The first-order valence-electron chi connectivity index (χ1n) is 7.16. The van der Waals surface area contributed by atoms with Gasteiger partial charge in [0.15, 0.2) is 0 Å². The molecule has 0 aliphatic heterocycles. The lowest BCUT2D eigenvalue weighted by Gasteiger charge is -2.26. The van der Waals surface area contributed by atoms with Gasteiger partial charge in [0.05, 0.1) is 10.5 Å². The number of rotatable bonds is 6. The summed E-state index contributed by atoms with van der Waals surface area (Å²) in [6.45, 7) is 4.11. The predicted molar refractivity (Wildman–Crippen MR) is 85.5 cm³/mol. The molecule has 116 valence electrons. The first-order valence-corrected chi connectivity index (χ1v) is 7.16. The Bertz CT molecular complexity index is 624. The molecule has 2 aromatic carbocycles. The van der Waals surface area contributed by atoms with E-state index in [0.717, 1.165) is 11.1 Å². The third kappa shape index (κ3) is 3.90. The van der Waals surface area contributed by atoms with Gasteiger partial charge >= 0.3 is 0 Å². The second-order valence-electron chi connectivity index (χ2n) is 5.59. The maximum Gasteiger partial charge on any atom is 0.269 e. The molecule has 0 fully saturated rings. The molecule has 2 rings (SSSR count). The van der Waals surface area contributed by atoms with Gasteiger partial charge in [0.25, 0.3) is 5.69 Å². The molecule has 0 aliphatic carbocycles. The van der Waals surface area contributed by atoms with Gasteiger partial charge in [-0.05, 0) is 25.0 Å². The van der Waals surface area contributed by atoms with Crippen molar-refractivity contribution in [1.29, 1.82) is 0 Å². The maximum atomic E-state index is 10.7. The number of hydrogen-bond acceptors (Lipinski definition) is 4. The minimum Gasteiger partial charge on any atom is -0.384 e. The largest absolute Gasteiger partial charge is 0.384 e. The summed E-state index contributed by atoms with van der Waals surface area (Å²) in [6, 6.07) is 15.9. The Balaban J connectivity index is 2.00. The predicted octanol–water partition coefficient (Wildman–Crippen LogP) is 3.15. The molecule has 2 aromatic rings. The number of nitrogens with one attached hydrogen (secondary N) is 1. The SMILES string of the molecule is CC(NCC(C)(O)c1ccccc1)c1ccc([N+](=O)[O-])cc1. The molecule has 2 unspecified atom stereocenters. The van der Waals surface area contributed by atoms with Crippen LogP contribution in [0.3, 0.4) is 0 Å². The van der Waals surface area contributed by atoms with Crippen LogP contribution in [0.1, 0.15) is 31.0 Å². The monoisotopic (exact) mass is 300 g/mol. The summed E-state index contributed by atoms with van der Waals surface area (Å²) >= 11 is 0. The molecule has 2 atom stereocenters. The fourth-order valence-electron chi connectivity index (χ4n) is 2.25. The van der Waals surface area contributed by atoms with Crippen molar-refractivity contribution >= 4 is 5.69 Å². The smallest absolute Gasteiger partial charge is 0.269 e. The Morgan fingerprint density at radius 3 is 2.32 bits per heavy atom. The molecule has 0 aromatic heterocycles. The topological polar surface area (TPSA) is 75.4 Å². The highest BCUT2D eigenvalue weighted by molar-refractivity contribution is 5.34. The molecule has 0 spiro atoms. The van der Waals surface area contributed by atoms with Crippen molar-refractivity contribution in [3.63, 3.8) is 0 Å². The summed E-state index contributed by atoms with van der Waals surface area (Å²) in [5.41, 5.74) is 0.885. The molecular formula is C17H20N2O3. The van der Waals surface area contributed by atoms with E-state index in [1.54, 1.807) is 19.1 Å². The molecular weight excluding hydrogens is 280 g/mol. The van der Waals surface area contributed by atoms with Gasteiger partial charge in [-0.3, -0.25) is 10.1 Å². The molecule has 0 saturated heterocycles. The Hall–Kier alpha value is -2.24. The van der Waals surface area contributed by atoms with Gasteiger partial charge in [0, 0.05) is 24.7 Å². The van der Waals surface area contributed by atoms with Gasteiger partial charge in [-0.15, -0.1) is 0 Å². The van der Waals surface area contributed by atoms with Crippen molar-refractivity contribution in [3.8, 4) is 0 Å². The number of nitrogens with zero attached hydrogens (tertiary/aromatic N) is 1. The van der Waals surface area contributed by atoms with E-state index >= 15 is 0 Å². The quantitative estimate of drug-likeness (QED) is 0.634. The van der Waals surface area contributed by atoms with Crippen molar-refractivity contribution in [2.24, 2.45) is 0 Å². The highest BCUT2D eigenvalue weighted by Crippen LogP contribution is 2.22. The first-order chi connectivity index (χ1) is 10.4. The normalized spacial score (nSPS) is 15.0. The van der Waals surface area contributed by atoms with Gasteiger partial charge < -0.3 is 10.4 Å². The summed E-state index contributed by atoms with van der Waals surface area (Å²) in [6.07, 6.45) is 0. The Morgan fingerprint density at radius 2 is 1.77 bits per heavy atom. The summed E-state index contributed by atoms with van der Waals surface area (Å²) in [5, 5.41) is 24.5. The van der Waals surface area contributed by atoms with Crippen LogP contribution >= 0.6 is 0 Å². The average molecular weight is 300 g/mol. The van der Waals surface area contributed by atoms with E-state index in [1.807, 2.05) is 37.3 Å². The van der Waals surface area contributed by atoms with E-state index in [2.05, 4.69) is 5.32 Å². The third-order valence-corrected chi connectivity index (χ3v) is 3.75. The van der Waals surface area contributed by atoms with Gasteiger partial charge in [0.2, 0.25) is 0 Å².